The van der Waals surface area contributed by atoms with Crippen LogP contribution in [0.2, 0.25) is 0 Å². The van der Waals surface area contributed by atoms with Gasteiger partial charge in [-0.25, -0.2) is 0 Å². The van der Waals surface area contributed by atoms with E-state index in [-0.39, 0.29) is 50.2 Å². The summed E-state index contributed by atoms with van der Waals surface area (Å²) in [5.41, 5.74) is 0. The van der Waals surface area contributed by atoms with Crippen molar-refractivity contribution in [1.29, 1.82) is 0 Å². The maximum absolute atomic E-state index is 9.01. The van der Waals surface area contributed by atoms with E-state index in [2.05, 4.69) is 0 Å². The molecule has 6 atom stereocenters. The fraction of sp³-hybridized carbons (Fsp3) is 1.00. The molecule has 4 aliphatic rings. The number of hydrogen-bond donors (Lipinski definition) is 2. The second-order valence-electron chi connectivity index (χ2n) is 8.55. The van der Waals surface area contributed by atoms with E-state index in [1.807, 2.05) is 0 Å². The van der Waals surface area contributed by atoms with Gasteiger partial charge in [0.05, 0.1) is 50.8 Å². The first kappa shape index (κ1) is 24.3. The highest BCUT2D eigenvalue weighted by Gasteiger charge is 2.27. The number of aliphatic hydroxyl groups excluding tert-OH is 2. The lowest BCUT2D eigenvalue weighted by Gasteiger charge is -2.33. The zero-order valence-electron chi connectivity index (χ0n) is 18.1. The standard InChI is InChI=1S/2C11H20O4/c2*12-7-9-3-1-5-11(14-9)15-10-4-2-6-13-8-10/h2*9-12H,1-8H2/t9?,10-,11?;9-,10-,11-/m00/s1. The molecular weight excluding hydrogens is 392 g/mol. The van der Waals surface area contributed by atoms with E-state index < -0.39 is 0 Å². The lowest BCUT2D eigenvalue weighted by molar-refractivity contribution is -0.233. The van der Waals surface area contributed by atoms with Gasteiger partial charge in [-0.2, -0.15) is 0 Å². The summed E-state index contributed by atoms with van der Waals surface area (Å²) in [5, 5.41) is 18.0. The van der Waals surface area contributed by atoms with Gasteiger partial charge >= 0.3 is 0 Å². The zero-order valence-corrected chi connectivity index (χ0v) is 18.1. The molecule has 8 nitrogen and oxygen atoms in total. The Morgan fingerprint density at radius 3 is 1.43 bits per heavy atom. The molecule has 0 aromatic rings. The number of hydrogen-bond acceptors (Lipinski definition) is 8. The predicted octanol–water partition coefficient (Wildman–Crippen LogP) is 2.14. The Balaban J connectivity index is 0.000000171. The molecule has 4 saturated heterocycles. The van der Waals surface area contributed by atoms with Crippen molar-refractivity contribution < 1.29 is 38.6 Å². The van der Waals surface area contributed by atoms with Gasteiger partial charge in [0.1, 0.15) is 0 Å². The van der Waals surface area contributed by atoms with Gasteiger partial charge in [0.25, 0.3) is 0 Å². The highest BCUT2D eigenvalue weighted by Crippen LogP contribution is 2.24. The van der Waals surface area contributed by atoms with Crippen LogP contribution in [0.1, 0.15) is 64.2 Å². The third kappa shape index (κ3) is 8.67. The minimum atomic E-state index is -0.136. The van der Waals surface area contributed by atoms with E-state index in [9.17, 15) is 0 Å². The Hall–Kier alpha value is -0.320. The topological polar surface area (TPSA) is 95.8 Å². The number of rotatable bonds is 6. The molecule has 30 heavy (non-hydrogen) atoms. The molecule has 8 heteroatoms. The first-order chi connectivity index (χ1) is 14.8. The number of ether oxygens (including phenoxy) is 6. The van der Waals surface area contributed by atoms with Crippen LogP contribution < -0.4 is 0 Å². The average molecular weight is 433 g/mol. The van der Waals surface area contributed by atoms with Crippen LogP contribution in [0.4, 0.5) is 0 Å². The normalized spacial score (nSPS) is 37.8. The lowest BCUT2D eigenvalue weighted by atomic mass is 10.1. The summed E-state index contributed by atoms with van der Waals surface area (Å²) < 4.78 is 33.5. The van der Waals surface area contributed by atoms with Crippen molar-refractivity contribution in [1.82, 2.24) is 0 Å². The lowest BCUT2D eigenvalue weighted by Crippen LogP contribution is -2.37. The SMILES string of the molecule is OCC1CCCC(O[C@H]2CCCOC2)O1.OC[C@@H]1CCC[C@H](O[C@H]2CCCOC2)O1. The van der Waals surface area contributed by atoms with E-state index in [4.69, 9.17) is 38.6 Å². The first-order valence-electron chi connectivity index (χ1n) is 11.8. The largest absolute Gasteiger partial charge is 0.394 e. The zero-order chi connectivity index (χ0) is 21.0. The molecule has 2 unspecified atom stereocenters. The third-order valence-corrected chi connectivity index (χ3v) is 5.95. The van der Waals surface area contributed by atoms with Crippen LogP contribution in [-0.2, 0) is 28.4 Å². The molecule has 4 heterocycles. The number of aliphatic hydroxyl groups is 2. The van der Waals surface area contributed by atoms with E-state index in [1.54, 1.807) is 0 Å². The summed E-state index contributed by atoms with van der Waals surface area (Å²) in [6.07, 6.45) is 10.2. The van der Waals surface area contributed by atoms with Crippen LogP contribution >= 0.6 is 0 Å². The maximum Gasteiger partial charge on any atom is 0.158 e. The summed E-state index contributed by atoms with van der Waals surface area (Å²) in [5.74, 6) is 0. The quantitative estimate of drug-likeness (QED) is 0.659. The monoisotopic (exact) mass is 432 g/mol. The molecule has 0 aromatic heterocycles. The second-order valence-corrected chi connectivity index (χ2v) is 8.55. The van der Waals surface area contributed by atoms with Crippen molar-refractivity contribution in [3.63, 3.8) is 0 Å². The molecule has 4 aliphatic heterocycles. The van der Waals surface area contributed by atoms with Gasteiger partial charge in [-0.15, -0.1) is 0 Å². The molecule has 0 radical (unpaired) electrons. The minimum Gasteiger partial charge on any atom is -0.394 e. The highest BCUT2D eigenvalue weighted by molar-refractivity contribution is 4.70. The van der Waals surface area contributed by atoms with Crippen molar-refractivity contribution in [3.8, 4) is 0 Å². The molecule has 0 amide bonds. The summed E-state index contributed by atoms with van der Waals surface area (Å²) in [6.45, 7) is 3.27. The first-order valence-corrected chi connectivity index (χ1v) is 11.8. The van der Waals surface area contributed by atoms with E-state index in [0.29, 0.717) is 13.2 Å². The molecule has 0 saturated carbocycles. The fourth-order valence-corrected chi connectivity index (χ4v) is 4.26. The van der Waals surface area contributed by atoms with Crippen molar-refractivity contribution in [3.05, 3.63) is 0 Å². The van der Waals surface area contributed by atoms with E-state index in [1.165, 1.54) is 0 Å². The summed E-state index contributed by atoms with van der Waals surface area (Å²) >= 11 is 0. The van der Waals surface area contributed by atoms with Gasteiger partial charge in [-0.3, -0.25) is 0 Å². The van der Waals surface area contributed by atoms with Gasteiger partial charge in [-0.1, -0.05) is 0 Å². The Labute approximate surface area is 180 Å². The summed E-state index contributed by atoms with van der Waals surface area (Å²) in [4.78, 5) is 0. The molecule has 4 fully saturated rings. The molecule has 0 aliphatic carbocycles. The molecule has 2 N–H and O–H groups in total. The molecule has 0 spiro atoms. The third-order valence-electron chi connectivity index (χ3n) is 5.95. The molecule has 4 rings (SSSR count). The van der Waals surface area contributed by atoms with Gasteiger partial charge in [-0.05, 0) is 64.2 Å². The molecular formula is C22H40O8. The Morgan fingerprint density at radius 2 is 1.07 bits per heavy atom. The Morgan fingerprint density at radius 1 is 0.600 bits per heavy atom. The Kier molecular flexibility index (Phi) is 11.3. The smallest absolute Gasteiger partial charge is 0.158 e. The predicted molar refractivity (Wildman–Crippen MR) is 109 cm³/mol. The van der Waals surface area contributed by atoms with Crippen LogP contribution in [0.15, 0.2) is 0 Å². The van der Waals surface area contributed by atoms with Gasteiger partial charge < -0.3 is 38.6 Å². The maximum atomic E-state index is 9.01. The van der Waals surface area contributed by atoms with Crippen molar-refractivity contribution >= 4 is 0 Å². The van der Waals surface area contributed by atoms with Crippen molar-refractivity contribution in [2.24, 2.45) is 0 Å². The van der Waals surface area contributed by atoms with E-state index in [0.717, 1.165) is 77.4 Å². The van der Waals surface area contributed by atoms with Gasteiger partial charge in [0, 0.05) is 13.2 Å². The second kappa shape index (κ2) is 14.0. The molecule has 0 aromatic carbocycles. The fourth-order valence-electron chi connectivity index (χ4n) is 4.26. The van der Waals surface area contributed by atoms with Gasteiger partial charge in [0.15, 0.2) is 12.6 Å². The van der Waals surface area contributed by atoms with Crippen LogP contribution in [0, 0.1) is 0 Å². The Bertz CT molecular complexity index is 399. The minimum absolute atomic E-state index is 0.0340. The van der Waals surface area contributed by atoms with Gasteiger partial charge in [0.2, 0.25) is 0 Å². The van der Waals surface area contributed by atoms with Crippen LogP contribution in [-0.4, -0.2) is 86.9 Å². The van der Waals surface area contributed by atoms with Crippen LogP contribution in [0.3, 0.4) is 0 Å². The highest BCUT2D eigenvalue weighted by atomic mass is 16.7. The van der Waals surface area contributed by atoms with Crippen molar-refractivity contribution in [2.75, 3.05) is 39.6 Å². The summed E-state index contributed by atoms with van der Waals surface area (Å²) in [7, 11) is 0. The average Bonchev–Trinajstić information content (AvgIpc) is 2.81. The van der Waals surface area contributed by atoms with Crippen LogP contribution in [0.25, 0.3) is 0 Å². The van der Waals surface area contributed by atoms with E-state index >= 15 is 0 Å². The molecule has 176 valence electrons. The van der Waals surface area contributed by atoms with Crippen molar-refractivity contribution in [2.45, 2.75) is 101 Å². The summed E-state index contributed by atoms with van der Waals surface area (Å²) in [6, 6.07) is 0. The molecule has 0 bridgehead atoms. The van der Waals surface area contributed by atoms with Crippen LogP contribution in [0.5, 0.6) is 0 Å².